The van der Waals surface area contributed by atoms with Crippen LogP contribution in [0.15, 0.2) is 48.5 Å². The molecular weight excluding hydrogens is 464 g/mol. The fourth-order valence-corrected chi connectivity index (χ4v) is 4.26. The number of anilines is 1. The van der Waals surface area contributed by atoms with Crippen molar-refractivity contribution in [1.29, 1.82) is 0 Å². The van der Waals surface area contributed by atoms with E-state index in [0.717, 1.165) is 44.0 Å². The number of ether oxygens (including phenoxy) is 1. The van der Waals surface area contributed by atoms with Crippen LogP contribution >= 0.6 is 11.3 Å². The molecule has 35 heavy (non-hydrogen) atoms. The van der Waals surface area contributed by atoms with E-state index in [0.29, 0.717) is 22.8 Å². The molecule has 10 heteroatoms. The van der Waals surface area contributed by atoms with Gasteiger partial charge in [-0.25, -0.2) is 0 Å². The Labute approximate surface area is 209 Å². The topological polar surface area (TPSA) is 99.7 Å². The number of hydrogen-bond acceptors (Lipinski definition) is 8. The lowest BCUT2D eigenvalue weighted by molar-refractivity contribution is 0.0940. The van der Waals surface area contributed by atoms with E-state index in [1.54, 1.807) is 24.3 Å². The normalized spacial score (nSPS) is 14.5. The van der Waals surface area contributed by atoms with Crippen LogP contribution in [0.1, 0.15) is 30.7 Å². The van der Waals surface area contributed by atoms with Crippen LogP contribution in [0.2, 0.25) is 0 Å². The second kappa shape index (κ2) is 11.9. The van der Waals surface area contributed by atoms with Gasteiger partial charge in [0.25, 0.3) is 11.8 Å². The number of likely N-dealkylation sites (N-methyl/N-ethyl adjacent to an activating group) is 1. The molecule has 0 bridgehead atoms. The SMILES string of the molecule is Cc1ccc(OCc2nnc(C(=O)Nc3cccc(C(=O)NCCN4CCN(C)CC4)c3)s2)cc1. The molecule has 2 aromatic carbocycles. The summed E-state index contributed by atoms with van der Waals surface area (Å²) in [6.45, 7) is 7.77. The van der Waals surface area contributed by atoms with E-state index < -0.39 is 0 Å². The largest absolute Gasteiger partial charge is 0.486 e. The van der Waals surface area contributed by atoms with Crippen LogP contribution in [0.5, 0.6) is 5.75 Å². The number of rotatable bonds is 9. The first-order valence-electron chi connectivity index (χ1n) is 11.6. The lowest BCUT2D eigenvalue weighted by Gasteiger charge is -2.32. The van der Waals surface area contributed by atoms with Gasteiger partial charge in [0.05, 0.1) is 0 Å². The molecule has 9 nitrogen and oxygen atoms in total. The van der Waals surface area contributed by atoms with E-state index in [1.165, 1.54) is 11.3 Å². The van der Waals surface area contributed by atoms with Crippen molar-refractivity contribution in [3.63, 3.8) is 0 Å². The summed E-state index contributed by atoms with van der Waals surface area (Å²) in [7, 11) is 2.12. The van der Waals surface area contributed by atoms with Gasteiger partial charge < -0.3 is 20.3 Å². The molecule has 0 atom stereocenters. The van der Waals surface area contributed by atoms with Gasteiger partial charge in [-0.1, -0.05) is 35.1 Å². The minimum atomic E-state index is -0.378. The number of carbonyl (C=O) groups excluding carboxylic acids is 2. The molecule has 1 aromatic heterocycles. The lowest BCUT2D eigenvalue weighted by Crippen LogP contribution is -2.46. The number of aryl methyl sites for hydroxylation is 1. The lowest BCUT2D eigenvalue weighted by atomic mass is 10.2. The minimum absolute atomic E-state index is 0.165. The molecule has 0 aliphatic carbocycles. The summed E-state index contributed by atoms with van der Waals surface area (Å²) in [6, 6.07) is 14.6. The van der Waals surface area contributed by atoms with Gasteiger partial charge in [-0.15, -0.1) is 10.2 Å². The first kappa shape index (κ1) is 24.8. The Balaban J connectivity index is 1.25. The number of piperazine rings is 1. The van der Waals surface area contributed by atoms with Gasteiger partial charge in [-0.05, 0) is 44.3 Å². The van der Waals surface area contributed by atoms with Crippen LogP contribution in [0.25, 0.3) is 0 Å². The number of benzene rings is 2. The Morgan fingerprint density at radius 2 is 1.80 bits per heavy atom. The molecule has 1 aliphatic rings. The number of nitrogens with zero attached hydrogens (tertiary/aromatic N) is 4. The van der Waals surface area contributed by atoms with Gasteiger partial charge in [0, 0.05) is 50.5 Å². The van der Waals surface area contributed by atoms with Crippen molar-refractivity contribution in [1.82, 2.24) is 25.3 Å². The predicted molar refractivity (Wildman–Crippen MR) is 136 cm³/mol. The summed E-state index contributed by atoms with van der Waals surface area (Å²) in [5.74, 6) is 0.189. The first-order chi connectivity index (χ1) is 17.0. The monoisotopic (exact) mass is 494 g/mol. The molecule has 2 N–H and O–H groups in total. The highest BCUT2D eigenvalue weighted by molar-refractivity contribution is 7.13. The maximum Gasteiger partial charge on any atom is 0.286 e. The van der Waals surface area contributed by atoms with Crippen molar-refractivity contribution >= 4 is 28.8 Å². The maximum absolute atomic E-state index is 12.6. The highest BCUT2D eigenvalue weighted by atomic mass is 32.1. The summed E-state index contributed by atoms with van der Waals surface area (Å²) in [5.41, 5.74) is 2.17. The number of aromatic nitrogens is 2. The highest BCUT2D eigenvalue weighted by Gasteiger charge is 2.16. The van der Waals surface area contributed by atoms with Crippen LogP contribution in [0.3, 0.4) is 0 Å². The van der Waals surface area contributed by atoms with Gasteiger partial charge in [-0.3, -0.25) is 14.5 Å². The van der Waals surface area contributed by atoms with E-state index in [1.807, 2.05) is 31.2 Å². The van der Waals surface area contributed by atoms with E-state index in [4.69, 9.17) is 4.74 Å². The number of nitrogens with one attached hydrogen (secondary N) is 2. The molecule has 4 rings (SSSR count). The third-order valence-corrected chi connectivity index (χ3v) is 6.63. The molecule has 1 fully saturated rings. The Morgan fingerprint density at radius 1 is 1.03 bits per heavy atom. The van der Waals surface area contributed by atoms with Crippen molar-refractivity contribution < 1.29 is 14.3 Å². The van der Waals surface area contributed by atoms with E-state index >= 15 is 0 Å². The van der Waals surface area contributed by atoms with Gasteiger partial charge in [0.15, 0.2) is 5.01 Å². The van der Waals surface area contributed by atoms with E-state index in [2.05, 4.69) is 37.7 Å². The standard InChI is InChI=1S/C25H30N6O3S/c1-18-6-8-21(9-7-18)34-17-22-28-29-25(35-22)24(33)27-20-5-3-4-19(16-20)23(32)26-10-11-31-14-12-30(2)13-15-31/h3-9,16H,10-15,17H2,1-2H3,(H,26,32)(H,27,33). The summed E-state index contributed by atoms with van der Waals surface area (Å²) in [5, 5.41) is 14.6. The van der Waals surface area contributed by atoms with Crippen molar-refractivity contribution in [3.8, 4) is 5.75 Å². The Hall–Kier alpha value is -3.34. The van der Waals surface area contributed by atoms with Gasteiger partial charge >= 0.3 is 0 Å². The van der Waals surface area contributed by atoms with Crippen LogP contribution in [-0.4, -0.2) is 78.1 Å². The number of carbonyl (C=O) groups is 2. The average Bonchev–Trinajstić information content (AvgIpc) is 3.34. The number of hydrogen-bond donors (Lipinski definition) is 2. The molecule has 1 saturated heterocycles. The van der Waals surface area contributed by atoms with Gasteiger partial charge in [-0.2, -0.15) is 0 Å². The fourth-order valence-electron chi connectivity index (χ4n) is 3.61. The summed E-state index contributed by atoms with van der Waals surface area (Å²) in [6.07, 6.45) is 0. The first-order valence-corrected chi connectivity index (χ1v) is 12.4. The zero-order valence-electron chi connectivity index (χ0n) is 20.0. The van der Waals surface area contributed by atoms with Gasteiger partial charge in [0.1, 0.15) is 12.4 Å². The highest BCUT2D eigenvalue weighted by Crippen LogP contribution is 2.18. The van der Waals surface area contributed by atoms with Crippen LogP contribution in [0.4, 0.5) is 5.69 Å². The van der Waals surface area contributed by atoms with Gasteiger partial charge in [0.2, 0.25) is 5.01 Å². The van der Waals surface area contributed by atoms with Crippen LogP contribution < -0.4 is 15.4 Å². The van der Waals surface area contributed by atoms with E-state index in [9.17, 15) is 9.59 Å². The molecular formula is C25H30N6O3S. The van der Waals surface area contributed by atoms with E-state index in [-0.39, 0.29) is 23.4 Å². The molecule has 0 saturated carbocycles. The molecule has 184 valence electrons. The quantitative estimate of drug-likeness (QED) is 0.472. The smallest absolute Gasteiger partial charge is 0.286 e. The maximum atomic E-state index is 12.6. The zero-order chi connectivity index (χ0) is 24.6. The Morgan fingerprint density at radius 3 is 2.57 bits per heavy atom. The van der Waals surface area contributed by atoms with Crippen molar-refractivity contribution in [3.05, 3.63) is 69.7 Å². The second-order valence-corrected chi connectivity index (χ2v) is 9.60. The van der Waals surface area contributed by atoms with Crippen molar-refractivity contribution in [2.75, 3.05) is 51.6 Å². The Kier molecular flexibility index (Phi) is 8.40. The summed E-state index contributed by atoms with van der Waals surface area (Å²) >= 11 is 1.17. The van der Waals surface area contributed by atoms with Crippen LogP contribution in [-0.2, 0) is 6.61 Å². The van der Waals surface area contributed by atoms with Crippen LogP contribution in [0, 0.1) is 6.92 Å². The Bertz CT molecular complexity index is 1140. The molecule has 0 radical (unpaired) electrons. The molecule has 2 heterocycles. The van der Waals surface area contributed by atoms with Crippen molar-refractivity contribution in [2.24, 2.45) is 0 Å². The third kappa shape index (κ3) is 7.32. The minimum Gasteiger partial charge on any atom is -0.486 e. The summed E-state index contributed by atoms with van der Waals surface area (Å²) in [4.78, 5) is 29.9. The number of amides is 2. The predicted octanol–water partition coefficient (Wildman–Crippen LogP) is 2.66. The second-order valence-electron chi connectivity index (χ2n) is 8.54. The summed E-state index contributed by atoms with van der Waals surface area (Å²) < 4.78 is 5.70. The molecule has 3 aromatic rings. The van der Waals surface area contributed by atoms with Crippen molar-refractivity contribution in [2.45, 2.75) is 13.5 Å². The molecule has 0 unspecified atom stereocenters. The molecule has 2 amide bonds. The zero-order valence-corrected chi connectivity index (χ0v) is 20.8. The fraction of sp³-hybridized carbons (Fsp3) is 0.360. The molecule has 1 aliphatic heterocycles. The third-order valence-electron chi connectivity index (χ3n) is 5.74. The average molecular weight is 495 g/mol. The molecule has 0 spiro atoms.